The molecule has 4 rings (SSSR count). The zero-order valence-corrected chi connectivity index (χ0v) is 17.2. The molecule has 6 nitrogen and oxygen atoms in total. The zero-order valence-electron chi connectivity index (χ0n) is 21.4. The van der Waals surface area contributed by atoms with Crippen LogP contribution >= 0.6 is 11.6 Å². The number of rotatable bonds is 6. The molecule has 0 saturated carbocycles. The Hall–Kier alpha value is -3.13. The van der Waals surface area contributed by atoms with E-state index < -0.39 is 73.2 Å². The first-order valence-electron chi connectivity index (χ1n) is 12.0. The molecule has 0 aromatic heterocycles. The van der Waals surface area contributed by atoms with Crippen LogP contribution in [0, 0.1) is 0 Å². The second-order valence-corrected chi connectivity index (χ2v) is 7.66. The number of halogens is 3. The third-order valence-electron chi connectivity index (χ3n) is 5.13. The van der Waals surface area contributed by atoms with Gasteiger partial charge >= 0.3 is 5.92 Å². The summed E-state index contributed by atoms with van der Waals surface area (Å²) in [6.07, 6.45) is -6.05. The Morgan fingerprint density at radius 2 is 2.00 bits per heavy atom. The normalized spacial score (nSPS) is 26.2. The number of nitrogens with zero attached hydrogens (tertiary/aromatic N) is 1. The summed E-state index contributed by atoms with van der Waals surface area (Å²) in [5.74, 6) is -8.84. The smallest absolute Gasteiger partial charge is 0.322 e. The number of Topliss-reactive ketones (excluding diaryl/α,β-unsaturated/α-hetero) is 1. The van der Waals surface area contributed by atoms with Gasteiger partial charge in [-0.05, 0) is 42.1 Å². The largest absolute Gasteiger partial charge is 0.330 e. The van der Waals surface area contributed by atoms with Gasteiger partial charge in [-0.3, -0.25) is 24.5 Å². The number of amides is 3. The van der Waals surface area contributed by atoms with Crippen LogP contribution in [0.1, 0.15) is 51.8 Å². The van der Waals surface area contributed by atoms with E-state index in [-0.39, 0.29) is 27.0 Å². The van der Waals surface area contributed by atoms with Gasteiger partial charge in [0.05, 0.1) is 1.37 Å². The molecule has 1 unspecified atom stereocenters. The van der Waals surface area contributed by atoms with Crippen LogP contribution in [-0.4, -0.2) is 34.4 Å². The first-order chi connectivity index (χ1) is 17.1. The monoisotopic (exact) mass is 465 g/mol. The lowest BCUT2D eigenvalue weighted by Crippen LogP contribution is -2.52. The minimum absolute atomic E-state index is 0.0163. The fourth-order valence-electron chi connectivity index (χ4n) is 3.45. The van der Waals surface area contributed by atoms with Gasteiger partial charge in [0.2, 0.25) is 17.6 Å². The van der Waals surface area contributed by atoms with E-state index in [1.165, 1.54) is 24.3 Å². The van der Waals surface area contributed by atoms with E-state index in [9.17, 15) is 28.0 Å². The van der Waals surface area contributed by atoms with Crippen molar-refractivity contribution in [3.05, 3.63) is 69.7 Å². The lowest BCUT2D eigenvalue weighted by Gasteiger charge is -2.29. The highest BCUT2D eigenvalue weighted by Crippen LogP contribution is 2.32. The van der Waals surface area contributed by atoms with Crippen molar-refractivity contribution in [1.82, 2.24) is 10.2 Å². The molecule has 1 N–H and O–H groups in total. The number of nitrogens with one attached hydrogen (secondary N) is 1. The summed E-state index contributed by atoms with van der Waals surface area (Å²) >= 11 is 5.70. The molecular weight excluding hydrogens is 442 g/mol. The molecule has 1 saturated heterocycles. The third kappa shape index (κ3) is 4.14. The average molecular weight is 466 g/mol. The van der Waals surface area contributed by atoms with Crippen LogP contribution in [0.15, 0.2) is 42.5 Å². The van der Waals surface area contributed by atoms with Crippen LogP contribution in [0.2, 0.25) is 6.43 Å². The summed E-state index contributed by atoms with van der Waals surface area (Å²) < 4.78 is 70.2. The van der Waals surface area contributed by atoms with Crippen LogP contribution in [0.4, 0.5) is 8.78 Å². The Kier molecular flexibility index (Phi) is 4.34. The molecule has 166 valence electrons. The molecule has 2 atom stereocenters. The van der Waals surface area contributed by atoms with Crippen molar-refractivity contribution in [2.45, 2.75) is 44.1 Å². The molecule has 0 bridgehead atoms. The molecule has 0 aliphatic carbocycles. The van der Waals surface area contributed by atoms with Gasteiger partial charge in [-0.1, -0.05) is 35.9 Å². The van der Waals surface area contributed by atoms with Crippen molar-refractivity contribution in [3.8, 4) is 0 Å². The molecule has 3 amide bonds. The van der Waals surface area contributed by atoms with Crippen molar-refractivity contribution >= 4 is 35.1 Å². The van der Waals surface area contributed by atoms with Crippen LogP contribution in [0.3, 0.4) is 0 Å². The molecular formula is C23H19ClF2N2O4. The highest BCUT2D eigenvalue weighted by Gasteiger charge is 2.41. The van der Waals surface area contributed by atoms with Gasteiger partial charge in [0.1, 0.15) is 6.02 Å². The van der Waals surface area contributed by atoms with Crippen LogP contribution in [0.25, 0.3) is 0 Å². The number of hydrogen-bond acceptors (Lipinski definition) is 4. The third-order valence-corrected chi connectivity index (χ3v) is 5.38. The fraction of sp³-hybridized carbons (Fsp3) is 0.304. The summed E-state index contributed by atoms with van der Waals surface area (Å²) in [4.78, 5) is 50.4. The molecule has 0 spiro atoms. The predicted molar refractivity (Wildman–Crippen MR) is 111 cm³/mol. The van der Waals surface area contributed by atoms with Crippen molar-refractivity contribution < 1.29 is 34.9 Å². The maximum atomic E-state index is 14.7. The van der Waals surface area contributed by atoms with E-state index in [1.807, 2.05) is 0 Å². The molecule has 2 aliphatic heterocycles. The zero-order chi connectivity index (χ0) is 27.5. The van der Waals surface area contributed by atoms with Crippen molar-refractivity contribution in [2.24, 2.45) is 0 Å². The van der Waals surface area contributed by atoms with E-state index in [1.54, 1.807) is 0 Å². The average Bonchev–Trinajstić information content (AvgIpc) is 3.17. The highest BCUT2D eigenvalue weighted by atomic mass is 35.5. The molecule has 2 heterocycles. The number of aryl methyl sites for hydroxylation is 1. The van der Waals surface area contributed by atoms with E-state index in [2.05, 4.69) is 0 Å². The predicted octanol–water partition coefficient (Wildman–Crippen LogP) is 3.39. The van der Waals surface area contributed by atoms with Crippen molar-refractivity contribution in [2.75, 3.05) is 0 Å². The quantitative estimate of drug-likeness (QED) is 0.663. The summed E-state index contributed by atoms with van der Waals surface area (Å²) in [6, 6.07) is 5.26. The van der Waals surface area contributed by atoms with Crippen LogP contribution in [-0.2, 0) is 33.2 Å². The Morgan fingerprint density at radius 3 is 2.72 bits per heavy atom. The lowest BCUT2D eigenvalue weighted by atomic mass is 9.97. The first-order valence-corrected chi connectivity index (χ1v) is 9.89. The molecule has 2 aromatic carbocycles. The number of alkyl halides is 2. The molecule has 9 heteroatoms. The van der Waals surface area contributed by atoms with Crippen molar-refractivity contribution in [1.29, 1.82) is 0 Å². The number of hydrogen-bond donors (Lipinski definition) is 1. The van der Waals surface area contributed by atoms with Crippen molar-refractivity contribution in [3.63, 3.8) is 0 Å². The molecule has 0 radical (unpaired) electrons. The van der Waals surface area contributed by atoms with Crippen LogP contribution in [0.5, 0.6) is 0 Å². The van der Waals surface area contributed by atoms with Gasteiger partial charge in [-0.2, -0.15) is 8.78 Å². The second kappa shape index (κ2) is 8.43. The number of piperidine rings is 1. The Labute approximate surface area is 194 Å². The molecule has 32 heavy (non-hydrogen) atoms. The van der Waals surface area contributed by atoms with E-state index in [4.69, 9.17) is 18.5 Å². The summed E-state index contributed by atoms with van der Waals surface area (Å²) in [5.41, 5.74) is -0.701. The minimum atomic E-state index is -3.98. The highest BCUT2D eigenvalue weighted by molar-refractivity contribution is 6.30. The standard InChI is InChI=1S/C23H19ClF2N2O4/c24-16-5-3-15(4-6-16)23(25,26)19(29)9-2-13-1-7-17-14(11-13)12-28(22(17)32)18-8-10-20(30)27-21(18)31/h1,3-7,11,18H,2,8-10,12H2,(H,27,30,31)/t18-/m1/s1/i2D2,8D,18D/hD/t8?,18-. The number of carbonyl (C=O) groups is 4. The van der Waals surface area contributed by atoms with E-state index in [0.717, 1.165) is 23.1 Å². The topological polar surface area (TPSA) is 83.6 Å². The Bertz CT molecular complexity index is 1330. The first kappa shape index (κ1) is 16.5. The maximum absolute atomic E-state index is 14.7. The van der Waals surface area contributed by atoms with Gasteiger partial charge in [0, 0.05) is 39.6 Å². The fourth-order valence-corrected chi connectivity index (χ4v) is 3.58. The SMILES string of the molecule is [2H]C1CC(=O)N([2H])C(=O)[C@]1([2H])N1Cc2cc(C([2H])([2H])CC(=O)C(F)(F)c3ccc(Cl)cc3)ccc2C1=O. The molecule has 2 aliphatic rings. The molecule has 2 aromatic rings. The summed E-state index contributed by atoms with van der Waals surface area (Å²) in [5, 5.41) is 0.136. The summed E-state index contributed by atoms with van der Waals surface area (Å²) in [6.45, 7) is -0.417. The summed E-state index contributed by atoms with van der Waals surface area (Å²) in [7, 11) is 0. The maximum Gasteiger partial charge on any atom is 0.330 e. The lowest BCUT2D eigenvalue weighted by molar-refractivity contribution is -0.144. The van der Waals surface area contributed by atoms with Gasteiger partial charge in [-0.15, -0.1) is 0 Å². The molecule has 1 fully saturated rings. The minimum Gasteiger partial charge on any atom is -0.322 e. The van der Waals surface area contributed by atoms with Gasteiger partial charge in [0.15, 0.2) is 1.41 Å². The van der Waals surface area contributed by atoms with Gasteiger partial charge in [-0.25, -0.2) is 0 Å². The van der Waals surface area contributed by atoms with Gasteiger partial charge in [0.25, 0.3) is 5.91 Å². The number of benzene rings is 2. The Morgan fingerprint density at radius 1 is 1.28 bits per heavy atom. The second-order valence-electron chi connectivity index (χ2n) is 7.23. The Balaban J connectivity index is 1.59. The van der Waals surface area contributed by atoms with Gasteiger partial charge < -0.3 is 4.90 Å². The van der Waals surface area contributed by atoms with E-state index in [0.29, 0.717) is 0 Å². The number of carbonyl (C=O) groups excluding carboxylic acids is 4. The van der Waals surface area contributed by atoms with Crippen LogP contribution < -0.4 is 5.31 Å². The van der Waals surface area contributed by atoms with E-state index >= 15 is 0 Å². The number of fused-ring (bicyclic) bond motifs is 1. The number of ketones is 1. The number of imide groups is 1.